The van der Waals surface area contributed by atoms with E-state index in [1.807, 2.05) is 12.1 Å². The maximum Gasteiger partial charge on any atom is 0.229 e. The third-order valence-electron chi connectivity index (χ3n) is 7.36. The van der Waals surface area contributed by atoms with E-state index in [0.717, 1.165) is 77.5 Å². The van der Waals surface area contributed by atoms with E-state index in [4.69, 9.17) is 23.9 Å². The minimum Gasteiger partial charge on any atom is -0.495 e. The molecule has 1 atom stereocenters. The van der Waals surface area contributed by atoms with E-state index in [9.17, 15) is 0 Å². The average molecular weight is 614 g/mol. The lowest BCUT2D eigenvalue weighted by molar-refractivity contribution is 0.135. The fourth-order valence-electron chi connectivity index (χ4n) is 5.41. The summed E-state index contributed by atoms with van der Waals surface area (Å²) in [5.41, 5.74) is 4.43. The molecule has 1 unspecified atom stereocenters. The summed E-state index contributed by atoms with van der Waals surface area (Å²) in [6, 6.07) is 8.81. The van der Waals surface area contributed by atoms with Gasteiger partial charge in [-0.2, -0.15) is 4.98 Å². The number of nitrogens with one attached hydrogen (secondary N) is 2. The van der Waals surface area contributed by atoms with Crippen LogP contribution in [0.15, 0.2) is 34.9 Å². The van der Waals surface area contributed by atoms with Gasteiger partial charge in [0.25, 0.3) is 0 Å². The van der Waals surface area contributed by atoms with Crippen molar-refractivity contribution in [3.05, 3.63) is 46.1 Å². The van der Waals surface area contributed by atoms with Crippen LogP contribution >= 0.6 is 23.9 Å². The van der Waals surface area contributed by atoms with Crippen LogP contribution < -0.4 is 30.1 Å². The highest BCUT2D eigenvalue weighted by atomic mass is 79.9. The molecule has 4 heterocycles. The highest BCUT2D eigenvalue weighted by Crippen LogP contribution is 2.42. The van der Waals surface area contributed by atoms with E-state index in [0.29, 0.717) is 31.0 Å². The van der Waals surface area contributed by atoms with Crippen molar-refractivity contribution >= 4 is 52.3 Å². The number of benzene rings is 2. The molecule has 9 nitrogen and oxygen atoms in total. The molecule has 3 aromatic rings. The molecule has 39 heavy (non-hydrogen) atoms. The third-order valence-corrected chi connectivity index (χ3v) is 9.28. The quantitative estimate of drug-likeness (QED) is 0.356. The topological polar surface area (TPSA) is 90.0 Å². The van der Waals surface area contributed by atoms with Crippen LogP contribution in [-0.4, -0.2) is 74.3 Å². The summed E-state index contributed by atoms with van der Waals surface area (Å²) in [6.45, 7) is 9.17. The normalized spacial score (nSPS) is 18.6. The van der Waals surface area contributed by atoms with Gasteiger partial charge >= 0.3 is 0 Å². The Morgan fingerprint density at radius 3 is 2.74 bits per heavy atom. The van der Waals surface area contributed by atoms with Gasteiger partial charge in [-0.15, -0.1) is 0 Å². The fraction of sp³-hybridized carbons (Fsp3) is 0.429. The molecule has 3 aliphatic heterocycles. The van der Waals surface area contributed by atoms with Gasteiger partial charge in [0, 0.05) is 37.2 Å². The SMILES string of the molecule is COc1cc2c(cc1Nc1ncc(Br)c(Nc3ccc4c(c3P(C)C)OCCO4)n1)CCN(C1CCOC1)C2. The zero-order valence-electron chi connectivity index (χ0n) is 22.4. The molecule has 0 bridgehead atoms. The molecule has 1 fully saturated rings. The van der Waals surface area contributed by atoms with Gasteiger partial charge < -0.3 is 29.6 Å². The van der Waals surface area contributed by atoms with Crippen molar-refractivity contribution in [2.75, 3.05) is 64.0 Å². The van der Waals surface area contributed by atoms with Crippen molar-refractivity contribution in [1.82, 2.24) is 14.9 Å². The van der Waals surface area contributed by atoms with Gasteiger partial charge in [0.15, 0.2) is 11.5 Å². The van der Waals surface area contributed by atoms with Crippen LogP contribution in [0.2, 0.25) is 0 Å². The summed E-state index contributed by atoms with van der Waals surface area (Å²) in [6.07, 6.45) is 3.85. The molecule has 6 rings (SSSR count). The van der Waals surface area contributed by atoms with Gasteiger partial charge in [-0.05, 0) is 77.5 Å². The first kappa shape index (κ1) is 26.6. The van der Waals surface area contributed by atoms with E-state index >= 15 is 0 Å². The van der Waals surface area contributed by atoms with E-state index in [1.165, 1.54) is 11.1 Å². The molecule has 3 aliphatic rings. The Hall–Kier alpha value is -2.65. The Balaban J connectivity index is 1.25. The first-order valence-electron chi connectivity index (χ1n) is 13.2. The molecular weight excluding hydrogens is 581 g/mol. The van der Waals surface area contributed by atoms with Gasteiger partial charge in [-0.1, -0.05) is 7.92 Å². The minimum atomic E-state index is -0.471. The molecule has 206 valence electrons. The number of hydrogen-bond donors (Lipinski definition) is 2. The summed E-state index contributed by atoms with van der Waals surface area (Å²) in [5, 5.41) is 8.02. The van der Waals surface area contributed by atoms with Crippen LogP contribution in [-0.2, 0) is 17.7 Å². The number of methoxy groups -OCH3 is 1. The van der Waals surface area contributed by atoms with E-state index in [1.54, 1.807) is 13.3 Å². The molecule has 0 aliphatic carbocycles. The van der Waals surface area contributed by atoms with E-state index in [-0.39, 0.29) is 0 Å². The number of ether oxygens (including phenoxy) is 4. The summed E-state index contributed by atoms with van der Waals surface area (Å²) in [4.78, 5) is 11.9. The maximum atomic E-state index is 6.00. The lowest BCUT2D eigenvalue weighted by atomic mass is 9.97. The summed E-state index contributed by atoms with van der Waals surface area (Å²) >= 11 is 3.62. The number of nitrogens with zero attached hydrogens (tertiary/aromatic N) is 3. The summed E-state index contributed by atoms with van der Waals surface area (Å²) in [5.74, 6) is 3.53. The first-order valence-corrected chi connectivity index (χ1v) is 16.2. The largest absolute Gasteiger partial charge is 0.495 e. The minimum absolute atomic E-state index is 0.471. The van der Waals surface area contributed by atoms with E-state index in [2.05, 4.69) is 61.9 Å². The molecule has 0 radical (unpaired) electrons. The molecule has 1 saturated heterocycles. The predicted octanol–water partition coefficient (Wildman–Crippen LogP) is 5.02. The van der Waals surface area contributed by atoms with Crippen molar-refractivity contribution in [3.63, 3.8) is 0 Å². The van der Waals surface area contributed by atoms with Crippen molar-refractivity contribution in [2.45, 2.75) is 25.4 Å². The van der Waals surface area contributed by atoms with Crippen LogP contribution in [0.5, 0.6) is 17.2 Å². The highest BCUT2D eigenvalue weighted by molar-refractivity contribution is 9.10. The average Bonchev–Trinajstić information content (AvgIpc) is 3.49. The number of fused-ring (bicyclic) bond motifs is 2. The highest BCUT2D eigenvalue weighted by Gasteiger charge is 2.28. The van der Waals surface area contributed by atoms with Gasteiger partial charge in [-0.3, -0.25) is 4.90 Å². The summed E-state index contributed by atoms with van der Waals surface area (Å²) in [7, 11) is 1.23. The second-order valence-corrected chi connectivity index (χ2v) is 13.2. The standard InChI is InChI=1S/C28H33BrN5O4P/c1-35-24-13-18-15-34(19-7-9-36-16-19)8-6-17(18)12-22(24)32-28-30-14-20(29)27(33-28)31-21-4-5-23-25(26(21)39(2)3)38-11-10-37-23/h4-5,12-14,19H,6-11,15-16H2,1-3H3,(H2,30,31,32,33). The summed E-state index contributed by atoms with van der Waals surface area (Å²) < 4.78 is 24.0. The van der Waals surface area contributed by atoms with Crippen LogP contribution in [0.25, 0.3) is 0 Å². The van der Waals surface area contributed by atoms with Gasteiger partial charge in [0.2, 0.25) is 5.95 Å². The Morgan fingerprint density at radius 1 is 1.08 bits per heavy atom. The van der Waals surface area contributed by atoms with Crippen molar-refractivity contribution in [3.8, 4) is 17.2 Å². The molecule has 2 N–H and O–H groups in total. The second-order valence-electron chi connectivity index (χ2n) is 10.1. The van der Waals surface area contributed by atoms with Crippen LogP contribution in [0, 0.1) is 0 Å². The van der Waals surface area contributed by atoms with E-state index < -0.39 is 7.92 Å². The molecule has 0 spiro atoms. The predicted molar refractivity (Wildman–Crippen MR) is 158 cm³/mol. The number of halogens is 1. The van der Waals surface area contributed by atoms with Crippen molar-refractivity contribution < 1.29 is 18.9 Å². The second kappa shape index (κ2) is 11.5. The Bertz CT molecular complexity index is 1370. The smallest absolute Gasteiger partial charge is 0.229 e. The maximum absolute atomic E-state index is 6.00. The molecular formula is C28H33BrN5O4P. The third kappa shape index (κ3) is 5.53. The van der Waals surface area contributed by atoms with Gasteiger partial charge in [-0.25, -0.2) is 4.98 Å². The molecule has 2 aromatic carbocycles. The lowest BCUT2D eigenvalue weighted by Crippen LogP contribution is -2.39. The molecule has 0 amide bonds. The van der Waals surface area contributed by atoms with Crippen LogP contribution in [0.1, 0.15) is 17.5 Å². The fourth-order valence-corrected chi connectivity index (χ4v) is 6.89. The zero-order valence-corrected chi connectivity index (χ0v) is 24.9. The van der Waals surface area contributed by atoms with Crippen molar-refractivity contribution in [1.29, 1.82) is 0 Å². The Kier molecular flexibility index (Phi) is 7.80. The number of rotatable bonds is 7. The van der Waals surface area contributed by atoms with Crippen LogP contribution in [0.3, 0.4) is 0 Å². The molecule has 0 saturated carbocycles. The zero-order chi connectivity index (χ0) is 26.9. The lowest BCUT2D eigenvalue weighted by Gasteiger charge is -2.33. The Morgan fingerprint density at radius 2 is 1.95 bits per heavy atom. The first-order chi connectivity index (χ1) is 19.0. The van der Waals surface area contributed by atoms with Gasteiger partial charge in [0.1, 0.15) is 24.8 Å². The number of aromatic nitrogens is 2. The van der Waals surface area contributed by atoms with Crippen molar-refractivity contribution in [2.24, 2.45) is 0 Å². The molecule has 11 heteroatoms. The van der Waals surface area contributed by atoms with Gasteiger partial charge in [0.05, 0.1) is 29.6 Å². The van der Waals surface area contributed by atoms with Crippen LogP contribution in [0.4, 0.5) is 23.1 Å². The molecule has 1 aromatic heterocycles. The number of anilines is 4. The number of hydrogen-bond acceptors (Lipinski definition) is 9. The Labute approximate surface area is 238 Å². The monoisotopic (exact) mass is 613 g/mol.